The number of hydrogen-bond donors (Lipinski definition) is 0. The first-order valence-corrected chi connectivity index (χ1v) is 6.30. The smallest absolute Gasteiger partial charge is 0.334 e. The Morgan fingerprint density at radius 3 is 2.82 bits per heavy atom. The number of carbonyl (C=O) groups is 1. The van der Waals surface area contributed by atoms with Gasteiger partial charge in [0.25, 0.3) is 0 Å². The van der Waals surface area contributed by atoms with E-state index < -0.39 is 0 Å². The third kappa shape index (κ3) is 2.68. The molecule has 0 saturated carbocycles. The van der Waals surface area contributed by atoms with Crippen molar-refractivity contribution >= 4 is 5.97 Å². The number of allylic oxidation sites excluding steroid dienone is 3. The average molecular weight is 232 g/mol. The number of hydrogen-bond acceptors (Lipinski definition) is 2. The number of fused-ring (bicyclic) bond motifs is 1. The van der Waals surface area contributed by atoms with E-state index in [-0.39, 0.29) is 18.0 Å². The molecule has 92 valence electrons. The Hall–Kier alpha value is -1.31. The third-order valence-electron chi connectivity index (χ3n) is 3.68. The van der Waals surface area contributed by atoms with Crippen LogP contribution in [0.2, 0.25) is 0 Å². The van der Waals surface area contributed by atoms with Gasteiger partial charge < -0.3 is 4.74 Å². The van der Waals surface area contributed by atoms with E-state index in [1.165, 1.54) is 11.1 Å². The fourth-order valence-corrected chi connectivity index (χ4v) is 2.51. The van der Waals surface area contributed by atoms with Crippen LogP contribution in [-0.2, 0) is 9.53 Å². The first-order valence-electron chi connectivity index (χ1n) is 6.30. The fourth-order valence-electron chi connectivity index (χ4n) is 2.51. The highest BCUT2D eigenvalue weighted by atomic mass is 16.5. The predicted molar refractivity (Wildman–Crippen MR) is 68.5 cm³/mol. The average Bonchev–Trinajstić information content (AvgIpc) is 2.52. The topological polar surface area (TPSA) is 26.3 Å². The molecule has 1 fully saturated rings. The molecule has 2 aliphatic rings. The fraction of sp³-hybridized carbons (Fsp3) is 0.533. The third-order valence-corrected chi connectivity index (χ3v) is 3.68. The zero-order valence-corrected chi connectivity index (χ0v) is 10.7. The summed E-state index contributed by atoms with van der Waals surface area (Å²) in [6.45, 7) is 8.14. The Balaban J connectivity index is 2.24. The molecule has 2 heteroatoms. The van der Waals surface area contributed by atoms with Crippen LogP contribution in [0, 0.1) is 5.92 Å². The van der Waals surface area contributed by atoms with Crippen molar-refractivity contribution in [2.24, 2.45) is 5.92 Å². The lowest BCUT2D eigenvalue weighted by atomic mass is 9.88. The van der Waals surface area contributed by atoms with E-state index in [4.69, 9.17) is 4.74 Å². The van der Waals surface area contributed by atoms with Gasteiger partial charge in [-0.25, -0.2) is 4.79 Å². The SMILES string of the molecule is C=C1C(=O)O[C@@H]2C=C(C)CCC=C(C)CCC12. The lowest BCUT2D eigenvalue weighted by Crippen LogP contribution is -2.15. The van der Waals surface area contributed by atoms with E-state index in [0.717, 1.165) is 25.7 Å². The van der Waals surface area contributed by atoms with Gasteiger partial charge in [-0.15, -0.1) is 0 Å². The van der Waals surface area contributed by atoms with Crippen molar-refractivity contribution in [2.75, 3.05) is 0 Å². The Labute approximate surface area is 103 Å². The molecule has 1 saturated heterocycles. The summed E-state index contributed by atoms with van der Waals surface area (Å²) in [5, 5.41) is 0. The first-order chi connectivity index (χ1) is 8.08. The van der Waals surface area contributed by atoms with Crippen molar-refractivity contribution in [2.45, 2.75) is 45.6 Å². The van der Waals surface area contributed by atoms with Gasteiger partial charge in [-0.3, -0.25) is 0 Å². The van der Waals surface area contributed by atoms with Gasteiger partial charge in [-0.1, -0.05) is 23.8 Å². The molecule has 0 aromatic rings. The lowest BCUT2D eigenvalue weighted by Gasteiger charge is -2.17. The van der Waals surface area contributed by atoms with Crippen molar-refractivity contribution in [3.63, 3.8) is 0 Å². The summed E-state index contributed by atoms with van der Waals surface area (Å²) in [5.74, 6) is -0.0520. The summed E-state index contributed by atoms with van der Waals surface area (Å²) in [4.78, 5) is 11.6. The molecule has 2 nitrogen and oxygen atoms in total. The molecule has 0 N–H and O–H groups in total. The first kappa shape index (κ1) is 12.2. The van der Waals surface area contributed by atoms with Gasteiger partial charge in [-0.05, 0) is 45.6 Å². The number of rotatable bonds is 0. The van der Waals surface area contributed by atoms with E-state index in [1.807, 2.05) is 0 Å². The monoisotopic (exact) mass is 232 g/mol. The van der Waals surface area contributed by atoms with E-state index in [1.54, 1.807) is 0 Å². The van der Waals surface area contributed by atoms with Gasteiger partial charge in [-0.2, -0.15) is 0 Å². The summed E-state index contributed by atoms with van der Waals surface area (Å²) in [5.41, 5.74) is 3.35. The molecule has 0 amide bonds. The maximum absolute atomic E-state index is 11.6. The molecule has 0 aromatic heterocycles. The van der Waals surface area contributed by atoms with E-state index in [0.29, 0.717) is 5.57 Å². The van der Waals surface area contributed by atoms with Gasteiger partial charge >= 0.3 is 5.97 Å². The van der Waals surface area contributed by atoms with Gasteiger partial charge in [0, 0.05) is 11.5 Å². The number of carbonyl (C=O) groups excluding carboxylic acids is 1. The Morgan fingerprint density at radius 1 is 1.29 bits per heavy atom. The lowest BCUT2D eigenvalue weighted by molar-refractivity contribution is -0.137. The maximum Gasteiger partial charge on any atom is 0.334 e. The highest BCUT2D eigenvalue weighted by Crippen LogP contribution is 2.33. The Bertz CT molecular complexity index is 401. The molecule has 2 rings (SSSR count). The molecule has 2 atom stereocenters. The van der Waals surface area contributed by atoms with Crippen LogP contribution in [0.4, 0.5) is 0 Å². The van der Waals surface area contributed by atoms with Crippen molar-refractivity contribution in [3.05, 3.63) is 35.5 Å². The van der Waals surface area contributed by atoms with Crippen LogP contribution >= 0.6 is 0 Å². The zero-order valence-electron chi connectivity index (χ0n) is 10.7. The Kier molecular flexibility index (Phi) is 3.51. The molecular weight excluding hydrogens is 212 g/mol. The second-order valence-electron chi connectivity index (χ2n) is 5.14. The van der Waals surface area contributed by atoms with Gasteiger partial charge in [0.05, 0.1) is 0 Å². The van der Waals surface area contributed by atoms with Gasteiger partial charge in [0.2, 0.25) is 0 Å². The minimum absolute atomic E-state index is 0.0825. The molecule has 1 unspecified atom stereocenters. The largest absolute Gasteiger partial charge is 0.454 e. The van der Waals surface area contributed by atoms with Crippen molar-refractivity contribution in [1.29, 1.82) is 0 Å². The normalized spacial score (nSPS) is 30.2. The van der Waals surface area contributed by atoms with Crippen LogP contribution in [-0.4, -0.2) is 12.1 Å². The minimum atomic E-state index is -0.218. The molecule has 0 radical (unpaired) electrons. The van der Waals surface area contributed by atoms with Crippen LogP contribution in [0.15, 0.2) is 35.5 Å². The van der Waals surface area contributed by atoms with Gasteiger partial charge in [0.15, 0.2) is 0 Å². The van der Waals surface area contributed by atoms with Crippen molar-refractivity contribution in [3.8, 4) is 0 Å². The van der Waals surface area contributed by atoms with E-state index in [2.05, 4.69) is 32.6 Å². The summed E-state index contributed by atoms with van der Waals surface area (Å²) in [6, 6.07) is 0. The molecule has 1 aliphatic heterocycles. The number of ether oxygens (including phenoxy) is 1. The predicted octanol–water partition coefficient (Wildman–Crippen LogP) is 3.55. The van der Waals surface area contributed by atoms with Gasteiger partial charge in [0.1, 0.15) is 6.10 Å². The van der Waals surface area contributed by atoms with Crippen LogP contribution in [0.25, 0.3) is 0 Å². The molecule has 1 heterocycles. The van der Waals surface area contributed by atoms with Crippen LogP contribution in [0.3, 0.4) is 0 Å². The molecular formula is C15H20O2. The molecule has 17 heavy (non-hydrogen) atoms. The molecule has 0 spiro atoms. The van der Waals surface area contributed by atoms with E-state index >= 15 is 0 Å². The molecule has 0 bridgehead atoms. The van der Waals surface area contributed by atoms with Crippen molar-refractivity contribution < 1.29 is 9.53 Å². The molecule has 1 aliphatic carbocycles. The maximum atomic E-state index is 11.6. The summed E-state index contributed by atoms with van der Waals surface area (Å²) < 4.78 is 5.38. The zero-order chi connectivity index (χ0) is 12.4. The summed E-state index contributed by atoms with van der Waals surface area (Å²) in [7, 11) is 0. The Morgan fingerprint density at radius 2 is 2.06 bits per heavy atom. The minimum Gasteiger partial charge on any atom is -0.454 e. The molecule has 0 aromatic carbocycles. The second-order valence-corrected chi connectivity index (χ2v) is 5.14. The number of esters is 1. The van der Waals surface area contributed by atoms with Crippen LogP contribution < -0.4 is 0 Å². The quantitative estimate of drug-likeness (QED) is 0.363. The second kappa shape index (κ2) is 4.91. The highest BCUT2D eigenvalue weighted by Gasteiger charge is 2.36. The highest BCUT2D eigenvalue weighted by molar-refractivity contribution is 5.91. The van der Waals surface area contributed by atoms with Crippen LogP contribution in [0.1, 0.15) is 39.5 Å². The van der Waals surface area contributed by atoms with E-state index in [9.17, 15) is 4.79 Å². The summed E-state index contributed by atoms with van der Waals surface area (Å²) >= 11 is 0. The standard InChI is InChI=1S/C15H20O2/c1-10-5-4-6-11(2)9-14-13(8-7-10)12(3)15(16)17-14/h5,9,13-14H,3-4,6-8H2,1-2H3/t13?,14-/m1/s1. The summed E-state index contributed by atoms with van der Waals surface area (Å²) in [6.07, 6.45) is 8.45. The van der Waals surface area contributed by atoms with Crippen molar-refractivity contribution in [1.82, 2.24) is 0 Å². The van der Waals surface area contributed by atoms with Crippen LogP contribution in [0.5, 0.6) is 0 Å².